The number of hydrogen-bond donors (Lipinski definition) is 1. The molecule has 0 saturated heterocycles. The van der Waals surface area contributed by atoms with Crippen molar-refractivity contribution in [3.05, 3.63) is 65.9 Å². The molecule has 3 aromatic rings. The number of para-hydroxylation sites is 1. The van der Waals surface area contributed by atoms with Gasteiger partial charge in [-0.3, -0.25) is 4.79 Å². The second kappa shape index (κ2) is 8.15. The highest BCUT2D eigenvalue weighted by atomic mass is 32.2. The molecule has 31 heavy (non-hydrogen) atoms. The second-order valence-corrected chi connectivity index (χ2v) is 10.7. The van der Waals surface area contributed by atoms with Crippen LogP contribution in [0.5, 0.6) is 0 Å². The number of nitrogens with zero attached hydrogens (tertiary/aromatic N) is 1. The Labute approximate surface area is 183 Å². The fourth-order valence-corrected chi connectivity index (χ4v) is 6.09. The third kappa shape index (κ3) is 4.01. The van der Waals surface area contributed by atoms with Crippen molar-refractivity contribution in [2.75, 3.05) is 6.54 Å². The summed E-state index contributed by atoms with van der Waals surface area (Å²) in [6.45, 7) is 0.693. The molecule has 6 heteroatoms. The first kappa shape index (κ1) is 20.3. The van der Waals surface area contributed by atoms with E-state index in [1.807, 2.05) is 24.3 Å². The minimum atomic E-state index is -3.74. The van der Waals surface area contributed by atoms with E-state index in [0.717, 1.165) is 23.8 Å². The van der Waals surface area contributed by atoms with Crippen molar-refractivity contribution in [2.24, 2.45) is 5.92 Å². The van der Waals surface area contributed by atoms with Crippen molar-refractivity contribution in [3.8, 4) is 0 Å². The lowest BCUT2D eigenvalue weighted by molar-refractivity contribution is 0.0943. The van der Waals surface area contributed by atoms with Crippen LogP contribution in [0, 0.1) is 5.92 Å². The smallest absolute Gasteiger partial charge is 0.268 e. The summed E-state index contributed by atoms with van der Waals surface area (Å²) in [5.41, 5.74) is 2.31. The zero-order valence-corrected chi connectivity index (χ0v) is 18.4. The fourth-order valence-electron chi connectivity index (χ4n) is 4.72. The first-order valence-corrected chi connectivity index (χ1v) is 12.7. The molecule has 0 bridgehead atoms. The Kier molecular flexibility index (Phi) is 5.34. The molecule has 1 aromatic heterocycles. The molecular formula is C25H28N2O3S. The van der Waals surface area contributed by atoms with Crippen molar-refractivity contribution in [2.45, 2.75) is 55.8 Å². The maximum absolute atomic E-state index is 13.4. The van der Waals surface area contributed by atoms with Crippen LogP contribution in [0.3, 0.4) is 0 Å². The van der Waals surface area contributed by atoms with E-state index in [4.69, 9.17) is 0 Å². The number of carbonyl (C=O) groups is 1. The molecule has 5 rings (SSSR count). The van der Waals surface area contributed by atoms with E-state index >= 15 is 0 Å². The number of benzene rings is 2. The molecular weight excluding hydrogens is 408 g/mol. The van der Waals surface area contributed by atoms with Gasteiger partial charge in [0, 0.05) is 23.7 Å². The Morgan fingerprint density at radius 3 is 2.35 bits per heavy atom. The summed E-state index contributed by atoms with van der Waals surface area (Å²) in [5.74, 6) is 0.869. The third-order valence-electron chi connectivity index (χ3n) is 6.68. The largest absolute Gasteiger partial charge is 0.352 e. The SMILES string of the molecule is O=C(NCC1CCCCC1)c1ccc(S(=O)(=O)n2cc(C3CC3)c3ccccc32)cc1. The summed E-state index contributed by atoms with van der Waals surface area (Å²) < 4.78 is 28.2. The van der Waals surface area contributed by atoms with Gasteiger partial charge in [0.25, 0.3) is 15.9 Å². The van der Waals surface area contributed by atoms with Gasteiger partial charge in [-0.05, 0) is 73.4 Å². The molecule has 0 radical (unpaired) electrons. The van der Waals surface area contributed by atoms with Gasteiger partial charge >= 0.3 is 0 Å². The van der Waals surface area contributed by atoms with Crippen molar-refractivity contribution < 1.29 is 13.2 Å². The summed E-state index contributed by atoms with van der Waals surface area (Å²) >= 11 is 0. The first-order valence-electron chi connectivity index (χ1n) is 11.3. The van der Waals surface area contributed by atoms with Gasteiger partial charge in [-0.2, -0.15) is 0 Å². The average molecular weight is 437 g/mol. The average Bonchev–Trinajstić information content (AvgIpc) is 3.57. The molecule has 0 aliphatic heterocycles. The van der Waals surface area contributed by atoms with Crippen LogP contribution >= 0.6 is 0 Å². The van der Waals surface area contributed by atoms with Crippen LogP contribution in [-0.2, 0) is 10.0 Å². The Morgan fingerprint density at radius 2 is 1.65 bits per heavy atom. The maximum atomic E-state index is 13.4. The first-order chi connectivity index (χ1) is 15.0. The highest BCUT2D eigenvalue weighted by molar-refractivity contribution is 7.90. The molecule has 2 saturated carbocycles. The van der Waals surface area contributed by atoms with Gasteiger partial charge in [0.1, 0.15) is 0 Å². The maximum Gasteiger partial charge on any atom is 0.268 e. The van der Waals surface area contributed by atoms with Crippen molar-refractivity contribution in [3.63, 3.8) is 0 Å². The number of fused-ring (bicyclic) bond motifs is 1. The quantitative estimate of drug-likeness (QED) is 0.587. The van der Waals surface area contributed by atoms with Gasteiger partial charge in [-0.1, -0.05) is 37.5 Å². The second-order valence-electron chi connectivity index (χ2n) is 8.92. The van der Waals surface area contributed by atoms with Crippen molar-refractivity contribution in [1.82, 2.24) is 9.29 Å². The zero-order chi connectivity index (χ0) is 21.4. The van der Waals surface area contributed by atoms with Crippen LogP contribution in [0.15, 0.2) is 59.6 Å². The normalized spacial score (nSPS) is 17.7. The van der Waals surface area contributed by atoms with Crippen molar-refractivity contribution in [1.29, 1.82) is 0 Å². The van der Waals surface area contributed by atoms with Crippen LogP contribution < -0.4 is 5.32 Å². The van der Waals surface area contributed by atoms with Gasteiger partial charge < -0.3 is 5.32 Å². The predicted octanol–water partition coefficient (Wildman–Crippen LogP) is 5.07. The van der Waals surface area contributed by atoms with Crippen LogP contribution in [-0.4, -0.2) is 24.8 Å². The molecule has 1 N–H and O–H groups in total. The van der Waals surface area contributed by atoms with E-state index in [9.17, 15) is 13.2 Å². The van der Waals surface area contributed by atoms with Gasteiger partial charge in [0.2, 0.25) is 0 Å². The van der Waals surface area contributed by atoms with Crippen LogP contribution in [0.2, 0.25) is 0 Å². The summed E-state index contributed by atoms with van der Waals surface area (Å²) in [7, 11) is -3.74. The minimum absolute atomic E-state index is 0.142. The summed E-state index contributed by atoms with van der Waals surface area (Å²) in [4.78, 5) is 12.7. The Balaban J connectivity index is 1.37. The molecule has 162 valence electrons. The molecule has 1 heterocycles. The van der Waals surface area contributed by atoms with E-state index in [1.165, 1.54) is 48.2 Å². The molecule has 2 aliphatic carbocycles. The summed E-state index contributed by atoms with van der Waals surface area (Å²) in [6.07, 6.45) is 10.1. The number of rotatable bonds is 6. The number of aromatic nitrogens is 1. The molecule has 0 unspecified atom stereocenters. The summed E-state index contributed by atoms with van der Waals surface area (Å²) in [6, 6.07) is 14.0. The van der Waals surface area contributed by atoms with Gasteiger partial charge in [0.15, 0.2) is 0 Å². The van der Waals surface area contributed by atoms with Gasteiger partial charge in [-0.15, -0.1) is 0 Å². The van der Waals surface area contributed by atoms with E-state index in [1.54, 1.807) is 18.3 Å². The Hall–Kier alpha value is -2.60. The van der Waals surface area contributed by atoms with E-state index in [2.05, 4.69) is 5.32 Å². The van der Waals surface area contributed by atoms with E-state index < -0.39 is 10.0 Å². The lowest BCUT2D eigenvalue weighted by Gasteiger charge is -2.21. The van der Waals surface area contributed by atoms with E-state index in [-0.39, 0.29) is 10.8 Å². The minimum Gasteiger partial charge on any atom is -0.352 e. The monoisotopic (exact) mass is 436 g/mol. The molecule has 2 aromatic carbocycles. The molecule has 5 nitrogen and oxygen atoms in total. The zero-order valence-electron chi connectivity index (χ0n) is 17.6. The van der Waals surface area contributed by atoms with E-state index in [0.29, 0.717) is 29.5 Å². The number of carbonyl (C=O) groups excluding carboxylic acids is 1. The van der Waals surface area contributed by atoms with Crippen LogP contribution in [0.4, 0.5) is 0 Å². The molecule has 0 spiro atoms. The highest BCUT2D eigenvalue weighted by Gasteiger charge is 2.30. The highest BCUT2D eigenvalue weighted by Crippen LogP contribution is 2.44. The number of hydrogen-bond acceptors (Lipinski definition) is 3. The number of nitrogens with one attached hydrogen (secondary N) is 1. The lowest BCUT2D eigenvalue weighted by atomic mass is 9.89. The van der Waals surface area contributed by atoms with Gasteiger partial charge in [0.05, 0.1) is 10.4 Å². The summed E-state index contributed by atoms with van der Waals surface area (Å²) in [5, 5.41) is 4.02. The lowest BCUT2D eigenvalue weighted by Crippen LogP contribution is -2.30. The standard InChI is InChI=1S/C25H28N2O3S/c28-25(26-16-18-6-2-1-3-7-18)20-12-14-21(15-13-20)31(29,30)27-17-23(19-10-11-19)22-8-4-5-9-24(22)27/h4-5,8-9,12-15,17-19H,1-3,6-7,10-11,16H2,(H,26,28). The van der Waals surface area contributed by atoms with Crippen molar-refractivity contribution >= 4 is 26.8 Å². The number of amides is 1. The molecule has 1 amide bonds. The van der Waals surface area contributed by atoms with Crippen LogP contribution in [0.25, 0.3) is 10.9 Å². The Bertz CT molecular complexity index is 1200. The topological polar surface area (TPSA) is 68.2 Å². The Morgan fingerprint density at radius 1 is 0.935 bits per heavy atom. The molecule has 0 atom stereocenters. The third-order valence-corrected chi connectivity index (χ3v) is 8.36. The fraction of sp³-hybridized carbons (Fsp3) is 0.400. The van der Waals surface area contributed by atoms with Gasteiger partial charge in [-0.25, -0.2) is 12.4 Å². The predicted molar refractivity (Wildman–Crippen MR) is 122 cm³/mol. The molecule has 2 aliphatic rings. The molecule has 2 fully saturated rings. The van der Waals surface area contributed by atoms with Crippen LogP contribution in [0.1, 0.15) is 66.8 Å².